The number of ether oxygens (including phenoxy) is 1. The molecule has 3 N–H and O–H groups in total. The van der Waals surface area contributed by atoms with Crippen LogP contribution in [0.5, 0.6) is 11.5 Å². The van der Waals surface area contributed by atoms with Gasteiger partial charge >= 0.3 is 0 Å². The van der Waals surface area contributed by atoms with E-state index < -0.39 is 12.0 Å². The van der Waals surface area contributed by atoms with Crippen molar-refractivity contribution in [1.29, 1.82) is 5.26 Å². The Morgan fingerprint density at radius 3 is 2.47 bits per heavy atom. The summed E-state index contributed by atoms with van der Waals surface area (Å²) in [5, 5.41) is 23.4. The molecule has 2 amide bonds. The van der Waals surface area contributed by atoms with Crippen LogP contribution in [0, 0.1) is 17.2 Å². The van der Waals surface area contributed by atoms with E-state index in [1.165, 1.54) is 7.11 Å². The van der Waals surface area contributed by atoms with Crippen molar-refractivity contribution < 1.29 is 19.4 Å². The number of allylic oxidation sites excluding steroid dienone is 1. The normalized spacial score (nSPS) is 18.4. The van der Waals surface area contributed by atoms with Crippen molar-refractivity contribution in [3.8, 4) is 17.6 Å². The van der Waals surface area contributed by atoms with Crippen LogP contribution in [0.1, 0.15) is 23.6 Å². The second kappa shape index (κ2) is 10.3. The van der Waals surface area contributed by atoms with Crippen LogP contribution in [0.25, 0.3) is 0 Å². The molecule has 0 radical (unpaired) electrons. The third-order valence-electron chi connectivity index (χ3n) is 6.79. The lowest BCUT2D eigenvalue weighted by atomic mass is 9.96. The van der Waals surface area contributed by atoms with Gasteiger partial charge in [-0.15, -0.1) is 0 Å². The van der Waals surface area contributed by atoms with Crippen molar-refractivity contribution in [3.05, 3.63) is 95.3 Å². The molecule has 0 spiro atoms. The summed E-state index contributed by atoms with van der Waals surface area (Å²) in [5.74, 6) is -0.505. The Bertz CT molecular complexity index is 1440. The van der Waals surface area contributed by atoms with Crippen molar-refractivity contribution in [2.24, 2.45) is 5.92 Å². The van der Waals surface area contributed by atoms with Crippen molar-refractivity contribution in [2.45, 2.75) is 19.4 Å². The molecule has 3 aromatic carbocycles. The predicted molar refractivity (Wildman–Crippen MR) is 142 cm³/mol. The summed E-state index contributed by atoms with van der Waals surface area (Å²) in [4.78, 5) is 28.6. The SMILES string of the molecule is COc1ccc(NC(=O)C2CNN3C=C(C)N(c4ccc(Cc5ccc(O)cc5)cc4)C(=O)C23)cc1C#N. The fourth-order valence-corrected chi connectivity index (χ4v) is 4.88. The molecule has 38 heavy (non-hydrogen) atoms. The van der Waals surface area contributed by atoms with Gasteiger partial charge in [-0.1, -0.05) is 24.3 Å². The van der Waals surface area contributed by atoms with Gasteiger partial charge in [0.25, 0.3) is 5.91 Å². The highest BCUT2D eigenvalue weighted by Gasteiger charge is 2.47. The van der Waals surface area contributed by atoms with Crippen molar-refractivity contribution >= 4 is 23.2 Å². The number of carbonyl (C=O) groups is 2. The number of nitrogens with zero attached hydrogens (tertiary/aromatic N) is 3. The van der Waals surface area contributed by atoms with Gasteiger partial charge in [-0.2, -0.15) is 5.26 Å². The first-order chi connectivity index (χ1) is 18.4. The van der Waals surface area contributed by atoms with Crippen LogP contribution in [0.4, 0.5) is 11.4 Å². The lowest BCUT2D eigenvalue weighted by Gasteiger charge is -2.36. The Morgan fingerprint density at radius 1 is 1.13 bits per heavy atom. The molecule has 1 fully saturated rings. The molecule has 2 aliphatic rings. The number of rotatable bonds is 6. The lowest BCUT2D eigenvalue weighted by Crippen LogP contribution is -2.53. The number of anilines is 2. The minimum absolute atomic E-state index is 0.200. The average molecular weight is 510 g/mol. The number of aromatic hydroxyl groups is 1. The molecule has 0 aliphatic carbocycles. The van der Waals surface area contributed by atoms with Gasteiger partial charge in [0.15, 0.2) is 0 Å². The third kappa shape index (κ3) is 4.77. The zero-order chi connectivity index (χ0) is 26.8. The number of carbonyl (C=O) groups excluding carboxylic acids is 2. The lowest BCUT2D eigenvalue weighted by molar-refractivity contribution is -0.129. The molecule has 2 atom stereocenters. The fourth-order valence-electron chi connectivity index (χ4n) is 4.88. The maximum Gasteiger partial charge on any atom is 0.256 e. The summed E-state index contributed by atoms with van der Waals surface area (Å²) in [7, 11) is 1.48. The minimum Gasteiger partial charge on any atom is -0.508 e. The largest absolute Gasteiger partial charge is 0.508 e. The first-order valence-corrected chi connectivity index (χ1v) is 12.2. The number of phenols is 1. The van der Waals surface area contributed by atoms with Crippen LogP contribution < -0.4 is 20.4 Å². The number of hydrazine groups is 1. The van der Waals surface area contributed by atoms with Gasteiger partial charge < -0.3 is 20.2 Å². The summed E-state index contributed by atoms with van der Waals surface area (Å²) in [6, 6.07) is 21.0. The highest BCUT2D eigenvalue weighted by atomic mass is 16.5. The maximum atomic E-state index is 13.7. The molecule has 0 aromatic heterocycles. The monoisotopic (exact) mass is 509 g/mol. The molecular weight excluding hydrogens is 482 g/mol. The van der Waals surface area contributed by atoms with Gasteiger partial charge in [-0.3, -0.25) is 14.5 Å². The summed E-state index contributed by atoms with van der Waals surface area (Å²) in [5.41, 5.74) is 7.52. The van der Waals surface area contributed by atoms with Gasteiger partial charge in [0.2, 0.25) is 5.91 Å². The summed E-state index contributed by atoms with van der Waals surface area (Å²) in [6.07, 6.45) is 2.54. The van der Waals surface area contributed by atoms with E-state index in [4.69, 9.17) is 4.74 Å². The number of nitrogens with one attached hydrogen (secondary N) is 2. The van der Waals surface area contributed by atoms with E-state index >= 15 is 0 Å². The molecule has 0 bridgehead atoms. The third-order valence-corrected chi connectivity index (χ3v) is 6.79. The molecule has 0 saturated carbocycles. The fraction of sp³-hybridized carbons (Fsp3) is 0.207. The number of nitriles is 1. The number of fused-ring (bicyclic) bond motifs is 1. The maximum absolute atomic E-state index is 13.7. The Kier molecular flexibility index (Phi) is 6.73. The number of hydrogen-bond donors (Lipinski definition) is 3. The van der Waals surface area contributed by atoms with Crippen molar-refractivity contribution in [3.63, 3.8) is 0 Å². The van der Waals surface area contributed by atoms with Crippen molar-refractivity contribution in [1.82, 2.24) is 10.4 Å². The topological polar surface area (TPSA) is 118 Å². The second-order valence-electron chi connectivity index (χ2n) is 9.29. The van der Waals surface area contributed by atoms with Gasteiger partial charge in [0.1, 0.15) is 23.6 Å². The van der Waals surface area contributed by atoms with E-state index in [-0.39, 0.29) is 17.6 Å². The highest BCUT2D eigenvalue weighted by molar-refractivity contribution is 6.05. The van der Waals surface area contributed by atoms with Crippen LogP contribution in [0.15, 0.2) is 78.6 Å². The number of phenolic OH excluding ortho intramolecular Hbond substituents is 1. The summed E-state index contributed by atoms with van der Waals surface area (Å²) >= 11 is 0. The van der Waals surface area contributed by atoms with Crippen molar-refractivity contribution in [2.75, 3.05) is 23.9 Å². The van der Waals surface area contributed by atoms with E-state index in [0.29, 0.717) is 30.0 Å². The molecule has 9 nitrogen and oxygen atoms in total. The first-order valence-electron chi connectivity index (χ1n) is 12.2. The van der Waals surface area contributed by atoms with Crippen LogP contribution >= 0.6 is 0 Å². The minimum atomic E-state index is -0.718. The van der Waals surface area contributed by atoms with E-state index in [2.05, 4.69) is 16.8 Å². The van der Waals surface area contributed by atoms with Crippen LogP contribution in [0.3, 0.4) is 0 Å². The van der Waals surface area contributed by atoms with Gasteiger partial charge in [-0.25, -0.2) is 5.43 Å². The molecule has 5 rings (SSSR count). The van der Waals surface area contributed by atoms with Gasteiger partial charge in [0, 0.05) is 29.8 Å². The van der Waals surface area contributed by atoms with Gasteiger partial charge in [0.05, 0.1) is 18.6 Å². The zero-order valence-electron chi connectivity index (χ0n) is 21.0. The van der Waals surface area contributed by atoms with Crippen LogP contribution in [-0.2, 0) is 16.0 Å². The number of methoxy groups -OCH3 is 1. The molecule has 3 aromatic rings. The Labute approximate surface area is 220 Å². The number of benzene rings is 3. The van der Waals surface area contributed by atoms with Crippen LogP contribution in [0.2, 0.25) is 0 Å². The second-order valence-corrected chi connectivity index (χ2v) is 9.29. The number of amides is 2. The Hall–Kier alpha value is -4.81. The standard InChI is InChI=1S/C29H27N5O4/c1-18-17-33-27(25(16-31-33)28(36)32-22-7-12-26(38-2)21(14-22)15-30)29(37)34(18)23-8-3-19(4-9-23)13-20-5-10-24(35)11-6-20/h3-12,14,17,25,27,31,35H,13,16H2,1-2H3,(H,32,36). The molecule has 2 aliphatic heterocycles. The van der Waals surface area contributed by atoms with Crippen LogP contribution in [-0.4, -0.2) is 41.6 Å². The number of hydrogen-bond acceptors (Lipinski definition) is 7. The summed E-state index contributed by atoms with van der Waals surface area (Å²) in [6.45, 7) is 2.15. The smallest absolute Gasteiger partial charge is 0.256 e. The predicted octanol–water partition coefficient (Wildman–Crippen LogP) is 3.51. The highest BCUT2D eigenvalue weighted by Crippen LogP contribution is 2.32. The molecule has 192 valence electrons. The van der Waals surface area contributed by atoms with E-state index in [1.54, 1.807) is 40.2 Å². The molecule has 1 saturated heterocycles. The van der Waals surface area contributed by atoms with E-state index in [1.807, 2.05) is 49.5 Å². The molecule has 9 heteroatoms. The van der Waals surface area contributed by atoms with E-state index in [9.17, 15) is 20.0 Å². The van der Waals surface area contributed by atoms with E-state index in [0.717, 1.165) is 22.5 Å². The molecule has 2 heterocycles. The Balaban J connectivity index is 1.32. The molecular formula is C29H27N5O4. The Morgan fingerprint density at radius 2 is 1.82 bits per heavy atom. The average Bonchev–Trinajstić information content (AvgIpc) is 3.35. The first kappa shape index (κ1) is 24.9. The molecule has 2 unspecified atom stereocenters. The summed E-state index contributed by atoms with van der Waals surface area (Å²) < 4.78 is 5.17. The van der Waals surface area contributed by atoms with Gasteiger partial charge in [-0.05, 0) is 66.9 Å². The quantitative estimate of drug-likeness (QED) is 0.465. The zero-order valence-corrected chi connectivity index (χ0v) is 21.0.